The zero-order valence-corrected chi connectivity index (χ0v) is 14.6. The molecule has 0 aliphatic carbocycles. The zero-order valence-electron chi connectivity index (χ0n) is 13.1. The molecule has 1 radical (unpaired) electrons. The van der Waals surface area contributed by atoms with E-state index in [4.69, 9.17) is 23.2 Å². The van der Waals surface area contributed by atoms with Gasteiger partial charge in [0.25, 0.3) is 0 Å². The highest BCUT2D eigenvalue weighted by atomic mass is 35.5. The fraction of sp³-hybridized carbons (Fsp3) is 0.312. The van der Waals surface area contributed by atoms with E-state index in [0.29, 0.717) is 6.07 Å². The van der Waals surface area contributed by atoms with Crippen LogP contribution in [0.15, 0.2) is 18.3 Å². The maximum atomic E-state index is 14.7. The van der Waals surface area contributed by atoms with Gasteiger partial charge in [-0.15, -0.1) is 0 Å². The van der Waals surface area contributed by atoms with Crippen molar-refractivity contribution in [3.05, 3.63) is 51.3 Å². The molecule has 0 saturated heterocycles. The van der Waals surface area contributed by atoms with Crippen molar-refractivity contribution in [3.8, 4) is 11.1 Å². The molecule has 10 heteroatoms. The molecule has 0 aliphatic rings. The normalized spacial score (nSPS) is 13.2. The number of aromatic nitrogens is 1. The van der Waals surface area contributed by atoms with E-state index in [1.165, 1.54) is 13.8 Å². The van der Waals surface area contributed by atoms with E-state index in [9.17, 15) is 30.7 Å². The van der Waals surface area contributed by atoms with Crippen molar-refractivity contribution in [1.29, 1.82) is 0 Å². The molecule has 2 rings (SSSR count). The van der Waals surface area contributed by atoms with E-state index >= 15 is 0 Å². The lowest BCUT2D eigenvalue weighted by Gasteiger charge is -2.32. The second kappa shape index (κ2) is 6.56. The van der Waals surface area contributed by atoms with Crippen LogP contribution in [0.2, 0.25) is 10.2 Å². The van der Waals surface area contributed by atoms with Gasteiger partial charge in [-0.05, 0) is 42.7 Å². The SMILES string of the molecule is Cc1[c]c(C)c(-c2cnc(Cl)c(Cl)c2)c(C(F)(C(F)(F)F)C(F)(F)F)c1. The topological polar surface area (TPSA) is 12.9 Å². The van der Waals surface area contributed by atoms with Gasteiger partial charge in [-0.1, -0.05) is 29.3 Å². The minimum Gasteiger partial charge on any atom is -0.242 e. The third-order valence-electron chi connectivity index (χ3n) is 3.63. The summed E-state index contributed by atoms with van der Waals surface area (Å²) < 4.78 is 94.0. The zero-order chi connectivity index (χ0) is 20.1. The van der Waals surface area contributed by atoms with Crippen molar-refractivity contribution in [3.63, 3.8) is 0 Å². The van der Waals surface area contributed by atoms with Crippen LogP contribution in [0, 0.1) is 19.9 Å². The number of nitrogens with zero attached hydrogens (tertiary/aromatic N) is 1. The Morgan fingerprint density at radius 1 is 0.923 bits per heavy atom. The predicted molar refractivity (Wildman–Crippen MR) is 82.9 cm³/mol. The van der Waals surface area contributed by atoms with Crippen molar-refractivity contribution < 1.29 is 30.7 Å². The quantitative estimate of drug-likeness (QED) is 0.387. The molecule has 0 fully saturated rings. The van der Waals surface area contributed by atoms with E-state index in [-0.39, 0.29) is 26.9 Å². The molecular weight excluding hydrogens is 410 g/mol. The first-order valence-corrected chi connectivity index (χ1v) is 7.63. The molecule has 0 N–H and O–H groups in total. The Hall–Kier alpha value is -1.54. The highest BCUT2D eigenvalue weighted by Crippen LogP contribution is 2.55. The summed E-state index contributed by atoms with van der Waals surface area (Å²) in [5, 5.41) is -0.414. The third kappa shape index (κ3) is 3.36. The summed E-state index contributed by atoms with van der Waals surface area (Å²) in [5.74, 6) is 0. The monoisotopic (exact) mass is 418 g/mol. The van der Waals surface area contributed by atoms with E-state index in [2.05, 4.69) is 11.1 Å². The standard InChI is InChI=1S/C16H9Cl2F7N/c1-7-3-8(2)12(9-5-11(17)13(18)26-6-9)10(4-7)14(19,15(20,21)22)16(23,24)25/h4-6H,1-2H3. The Morgan fingerprint density at radius 2 is 1.46 bits per heavy atom. The Morgan fingerprint density at radius 3 is 1.92 bits per heavy atom. The average Bonchev–Trinajstić information content (AvgIpc) is 2.46. The molecule has 0 aliphatic heterocycles. The molecule has 1 heterocycles. The summed E-state index contributed by atoms with van der Waals surface area (Å²) in [6, 6.07) is 4.06. The number of benzene rings is 1. The number of hydrogen-bond acceptors (Lipinski definition) is 1. The van der Waals surface area contributed by atoms with Gasteiger partial charge in [0.1, 0.15) is 5.15 Å². The van der Waals surface area contributed by atoms with Crippen LogP contribution in [0.4, 0.5) is 30.7 Å². The fourth-order valence-electron chi connectivity index (χ4n) is 2.55. The first kappa shape index (κ1) is 20.8. The number of rotatable bonds is 2. The molecule has 0 saturated carbocycles. The van der Waals surface area contributed by atoms with Crippen LogP contribution in [-0.2, 0) is 5.67 Å². The first-order chi connectivity index (χ1) is 11.7. The van der Waals surface area contributed by atoms with Gasteiger partial charge < -0.3 is 0 Å². The van der Waals surface area contributed by atoms with Gasteiger partial charge in [0.05, 0.1) is 5.02 Å². The maximum Gasteiger partial charge on any atom is 0.435 e. The van der Waals surface area contributed by atoms with E-state index in [1.54, 1.807) is 0 Å². The lowest BCUT2D eigenvalue weighted by atomic mass is 9.84. The second-order valence-corrected chi connectivity index (χ2v) is 6.28. The molecule has 1 aromatic carbocycles. The van der Waals surface area contributed by atoms with Gasteiger partial charge in [-0.2, -0.15) is 26.3 Å². The van der Waals surface area contributed by atoms with E-state index in [0.717, 1.165) is 12.3 Å². The van der Waals surface area contributed by atoms with Gasteiger partial charge in [-0.25, -0.2) is 9.37 Å². The van der Waals surface area contributed by atoms with E-state index in [1.807, 2.05) is 0 Å². The van der Waals surface area contributed by atoms with Crippen LogP contribution in [0.25, 0.3) is 11.1 Å². The molecule has 0 amide bonds. The van der Waals surface area contributed by atoms with Crippen molar-refractivity contribution in [1.82, 2.24) is 4.98 Å². The van der Waals surface area contributed by atoms with Crippen LogP contribution in [0.1, 0.15) is 16.7 Å². The van der Waals surface area contributed by atoms with Crippen LogP contribution in [0.5, 0.6) is 0 Å². The smallest absolute Gasteiger partial charge is 0.242 e. The molecule has 0 spiro atoms. The summed E-state index contributed by atoms with van der Waals surface area (Å²) >= 11 is 11.4. The lowest BCUT2D eigenvalue weighted by molar-refractivity contribution is -0.348. The maximum absolute atomic E-state index is 14.7. The summed E-state index contributed by atoms with van der Waals surface area (Å²) in [4.78, 5) is 3.60. The van der Waals surface area contributed by atoms with Gasteiger partial charge >= 0.3 is 18.0 Å². The largest absolute Gasteiger partial charge is 0.435 e. The van der Waals surface area contributed by atoms with Gasteiger partial charge in [0, 0.05) is 17.3 Å². The van der Waals surface area contributed by atoms with Gasteiger partial charge in [-0.3, -0.25) is 0 Å². The summed E-state index contributed by atoms with van der Waals surface area (Å²) in [6.07, 6.45) is -11.6. The summed E-state index contributed by atoms with van der Waals surface area (Å²) in [6.45, 7) is 2.42. The Kier molecular flexibility index (Phi) is 5.24. The first-order valence-electron chi connectivity index (χ1n) is 6.88. The lowest BCUT2D eigenvalue weighted by Crippen LogP contribution is -2.50. The Labute approximate surface area is 153 Å². The number of pyridine rings is 1. The molecule has 26 heavy (non-hydrogen) atoms. The van der Waals surface area contributed by atoms with Crippen molar-refractivity contribution in [2.75, 3.05) is 0 Å². The number of halogens is 9. The van der Waals surface area contributed by atoms with E-state index < -0.39 is 29.1 Å². The molecule has 0 unspecified atom stereocenters. The second-order valence-electron chi connectivity index (χ2n) is 5.52. The van der Waals surface area contributed by atoms with Crippen LogP contribution in [0.3, 0.4) is 0 Å². The third-order valence-corrected chi connectivity index (χ3v) is 4.31. The van der Waals surface area contributed by atoms with Crippen molar-refractivity contribution in [2.24, 2.45) is 0 Å². The minimum atomic E-state index is -6.25. The number of hydrogen-bond donors (Lipinski definition) is 0. The van der Waals surface area contributed by atoms with Crippen molar-refractivity contribution >= 4 is 23.2 Å². The fourth-order valence-corrected chi connectivity index (χ4v) is 2.82. The van der Waals surface area contributed by atoms with Gasteiger partial charge in [0.15, 0.2) is 0 Å². The molecule has 1 nitrogen and oxygen atoms in total. The average molecular weight is 419 g/mol. The number of alkyl halides is 7. The van der Waals surface area contributed by atoms with Crippen LogP contribution < -0.4 is 0 Å². The molecule has 141 valence electrons. The molecule has 0 bridgehead atoms. The summed E-state index contributed by atoms with van der Waals surface area (Å²) in [7, 11) is 0. The Balaban J connectivity index is 2.94. The Bertz CT molecular complexity index is 830. The highest BCUT2D eigenvalue weighted by Gasteiger charge is 2.74. The predicted octanol–water partition coefficient (Wildman–Crippen LogP) is 6.76. The molecule has 2 aromatic rings. The summed E-state index contributed by atoms with van der Waals surface area (Å²) in [5.41, 5.74) is -8.32. The van der Waals surface area contributed by atoms with Crippen molar-refractivity contribution in [2.45, 2.75) is 31.9 Å². The number of aryl methyl sites for hydroxylation is 2. The minimum absolute atomic E-state index is 0.0928. The van der Waals surface area contributed by atoms with Crippen LogP contribution in [-0.4, -0.2) is 17.3 Å². The van der Waals surface area contributed by atoms with Gasteiger partial charge in [0.2, 0.25) is 0 Å². The van der Waals surface area contributed by atoms with Crippen LogP contribution >= 0.6 is 23.2 Å². The molecular formula is C16H9Cl2F7N. The molecule has 1 aromatic heterocycles. The highest BCUT2D eigenvalue weighted by molar-refractivity contribution is 6.41. The molecule has 0 atom stereocenters.